The van der Waals surface area contributed by atoms with Crippen LogP contribution in [0.3, 0.4) is 0 Å². The molecule has 10 N–H and O–H groups in total. The van der Waals surface area contributed by atoms with E-state index in [2.05, 4.69) is 30.6 Å². The van der Waals surface area contributed by atoms with Gasteiger partial charge in [-0.1, -0.05) is 0 Å². The van der Waals surface area contributed by atoms with Gasteiger partial charge in [0.15, 0.2) is 17.0 Å². The van der Waals surface area contributed by atoms with Crippen molar-refractivity contribution in [3.63, 3.8) is 0 Å². The molecule has 4 rings (SSSR count). The SMILES string of the molecule is CN(Cc1cnc2nc(N)nc(N)c2n1)c1ccc(C(=O)N[C@@H](CCC(=O)CCCNC(=O)CN2CCN(CC(=O)O)CCN(CC(=O)O)CCN(CC(=O)O)CC2)C(=O)O)cc1. The fourth-order valence-electron chi connectivity index (χ4n) is 6.75. The summed E-state index contributed by atoms with van der Waals surface area (Å²) in [6.45, 7) is 1.57. The predicted molar refractivity (Wildman–Crippen MR) is 227 cm³/mol. The van der Waals surface area contributed by atoms with Crippen LogP contribution in [-0.4, -0.2) is 200 Å². The number of carbonyl (C=O) groups excluding carboxylic acids is 3. The van der Waals surface area contributed by atoms with Crippen LogP contribution in [0.1, 0.15) is 41.7 Å². The zero-order chi connectivity index (χ0) is 46.1. The number of nitrogen functional groups attached to an aromatic ring is 2. The van der Waals surface area contributed by atoms with Crippen LogP contribution in [-0.2, 0) is 35.3 Å². The second-order valence-corrected chi connectivity index (χ2v) is 15.1. The Hall–Kier alpha value is -6.63. The van der Waals surface area contributed by atoms with E-state index in [9.17, 15) is 54.0 Å². The van der Waals surface area contributed by atoms with Crippen LogP contribution in [0.15, 0.2) is 30.5 Å². The minimum absolute atomic E-state index is 0.0116. The van der Waals surface area contributed by atoms with Crippen LogP contribution in [0.4, 0.5) is 17.5 Å². The summed E-state index contributed by atoms with van der Waals surface area (Å²) in [5.74, 6) is -5.64. The van der Waals surface area contributed by atoms with Gasteiger partial charge in [-0.2, -0.15) is 9.97 Å². The number of aliphatic carboxylic acids is 4. The van der Waals surface area contributed by atoms with Crippen molar-refractivity contribution in [3.05, 3.63) is 41.7 Å². The fourth-order valence-corrected chi connectivity index (χ4v) is 6.75. The molecule has 342 valence electrons. The lowest BCUT2D eigenvalue weighted by atomic mass is 10.1. The molecule has 1 aromatic carbocycles. The molecule has 0 bridgehead atoms. The predicted octanol–water partition coefficient (Wildman–Crippen LogP) is -1.88. The van der Waals surface area contributed by atoms with E-state index in [1.54, 1.807) is 50.9 Å². The van der Waals surface area contributed by atoms with Crippen molar-refractivity contribution in [1.82, 2.24) is 50.2 Å². The normalized spacial score (nSPS) is 15.4. The number of amides is 2. The lowest BCUT2D eigenvalue weighted by Gasteiger charge is -2.32. The molecular weight excluding hydrogens is 827 g/mol. The van der Waals surface area contributed by atoms with Crippen LogP contribution in [0.2, 0.25) is 0 Å². The van der Waals surface area contributed by atoms with Crippen molar-refractivity contribution in [1.29, 1.82) is 0 Å². The lowest BCUT2D eigenvalue weighted by molar-refractivity contribution is -0.140. The number of anilines is 3. The molecular formula is C39H55N13O11. The third-order valence-electron chi connectivity index (χ3n) is 10.1. The highest BCUT2D eigenvalue weighted by Crippen LogP contribution is 2.19. The van der Waals surface area contributed by atoms with E-state index in [4.69, 9.17) is 11.5 Å². The summed E-state index contributed by atoms with van der Waals surface area (Å²) in [6, 6.07) is 5.13. The number of benzene rings is 1. The molecule has 3 aromatic rings. The highest BCUT2D eigenvalue weighted by molar-refractivity contribution is 5.97. The quantitative estimate of drug-likeness (QED) is 0.0543. The minimum Gasteiger partial charge on any atom is -0.480 e. The summed E-state index contributed by atoms with van der Waals surface area (Å²) < 4.78 is 0. The number of hydrogen-bond acceptors (Lipinski definition) is 18. The Labute approximate surface area is 362 Å². The fraction of sp³-hybridized carbons (Fsp3) is 0.513. The zero-order valence-electron chi connectivity index (χ0n) is 35.0. The van der Waals surface area contributed by atoms with Crippen LogP contribution >= 0.6 is 0 Å². The van der Waals surface area contributed by atoms with E-state index < -0.39 is 35.8 Å². The molecule has 1 aliphatic rings. The first kappa shape index (κ1) is 49.0. The van der Waals surface area contributed by atoms with Crippen molar-refractivity contribution in [2.45, 2.75) is 38.3 Å². The first-order chi connectivity index (χ1) is 29.9. The number of hydrogen-bond donors (Lipinski definition) is 8. The monoisotopic (exact) mass is 881 g/mol. The third-order valence-corrected chi connectivity index (χ3v) is 10.1. The average molecular weight is 882 g/mol. The topological polar surface area (TPSA) is 344 Å². The number of nitrogens with zero attached hydrogens (tertiary/aromatic N) is 9. The van der Waals surface area contributed by atoms with E-state index >= 15 is 0 Å². The number of ketones is 1. The second-order valence-electron chi connectivity index (χ2n) is 15.1. The molecule has 0 aliphatic carbocycles. The van der Waals surface area contributed by atoms with Crippen molar-refractivity contribution < 1.29 is 54.0 Å². The van der Waals surface area contributed by atoms with Crippen LogP contribution in [0.5, 0.6) is 0 Å². The van der Waals surface area contributed by atoms with Crippen molar-refractivity contribution >= 4 is 70.1 Å². The van der Waals surface area contributed by atoms with Crippen LogP contribution in [0, 0.1) is 0 Å². The van der Waals surface area contributed by atoms with E-state index in [0.29, 0.717) is 17.8 Å². The molecule has 0 unspecified atom stereocenters. The molecule has 24 heteroatoms. The van der Waals surface area contributed by atoms with Crippen LogP contribution < -0.4 is 27.0 Å². The molecule has 1 aliphatic heterocycles. The number of nitrogens with two attached hydrogens (primary N) is 2. The molecule has 1 atom stereocenters. The smallest absolute Gasteiger partial charge is 0.326 e. The molecule has 2 amide bonds. The van der Waals surface area contributed by atoms with Gasteiger partial charge in [0.2, 0.25) is 11.9 Å². The highest BCUT2D eigenvalue weighted by atomic mass is 16.4. The number of rotatable bonds is 21. The Morgan fingerprint density at radius 3 is 1.76 bits per heavy atom. The summed E-state index contributed by atoms with van der Waals surface area (Å²) in [6.07, 6.45) is 1.59. The van der Waals surface area contributed by atoms with Gasteiger partial charge in [0.25, 0.3) is 5.91 Å². The van der Waals surface area contributed by atoms with Crippen LogP contribution in [0.25, 0.3) is 11.2 Å². The van der Waals surface area contributed by atoms with Crippen molar-refractivity contribution in [3.8, 4) is 0 Å². The number of fused-ring (bicyclic) bond motifs is 1. The number of nitrogens with one attached hydrogen (secondary N) is 2. The van der Waals surface area contributed by atoms with E-state index in [0.717, 1.165) is 5.69 Å². The Morgan fingerprint density at radius 2 is 1.25 bits per heavy atom. The summed E-state index contributed by atoms with van der Waals surface area (Å²) >= 11 is 0. The van der Waals surface area contributed by atoms with Gasteiger partial charge in [-0.15, -0.1) is 0 Å². The molecule has 3 heterocycles. The molecule has 63 heavy (non-hydrogen) atoms. The standard InChI is InChI=1S/C39H55N13O11/c1-48(20-26-19-43-36-34(44-26)35(40)46-39(41)47-36)27-6-4-25(5-7-27)37(61)45-29(38(62)63)9-8-28(53)3-2-10-42-30(54)21-49-11-13-50(22-31(55)56)15-17-52(24-33(59)60)18-16-51(14-12-49)23-32(57)58/h4-7,19,29H,2-3,8-18,20-24H2,1H3,(H,42,54)(H,45,61)(H,55,56)(H,57,58)(H,59,60)(H,62,63)(H4,40,41,43,46,47)/t29-/m0/s1. The largest absolute Gasteiger partial charge is 0.480 e. The summed E-state index contributed by atoms with van der Waals surface area (Å²) in [7, 11) is 1.80. The Kier molecular flexibility index (Phi) is 18.8. The van der Waals surface area contributed by atoms with Crippen molar-refractivity contribution in [2.75, 3.05) is 108 Å². The third kappa shape index (κ3) is 17.0. The van der Waals surface area contributed by atoms with E-state index in [1.807, 2.05) is 4.90 Å². The Morgan fingerprint density at radius 1 is 0.730 bits per heavy atom. The van der Waals surface area contributed by atoms with E-state index in [-0.39, 0.29) is 145 Å². The van der Waals surface area contributed by atoms with Gasteiger partial charge in [0, 0.05) is 90.0 Å². The van der Waals surface area contributed by atoms with Gasteiger partial charge >= 0.3 is 23.9 Å². The van der Waals surface area contributed by atoms with Gasteiger partial charge in [-0.25, -0.2) is 14.8 Å². The number of aromatic nitrogens is 4. The maximum Gasteiger partial charge on any atom is 0.326 e. The summed E-state index contributed by atoms with van der Waals surface area (Å²) in [4.78, 5) is 110. The number of carboxylic acids is 4. The minimum atomic E-state index is -1.33. The van der Waals surface area contributed by atoms with Gasteiger partial charge in [-0.05, 0) is 37.1 Å². The van der Waals surface area contributed by atoms with E-state index in [1.165, 1.54) is 6.20 Å². The average Bonchev–Trinajstić information content (AvgIpc) is 3.21. The molecule has 2 aromatic heterocycles. The number of carbonyl (C=O) groups is 7. The first-order valence-electron chi connectivity index (χ1n) is 20.2. The maximum atomic E-state index is 13.0. The molecule has 0 saturated carbocycles. The van der Waals surface area contributed by atoms with Crippen molar-refractivity contribution in [2.24, 2.45) is 0 Å². The summed E-state index contributed by atoms with van der Waals surface area (Å²) in [5.41, 5.74) is 13.6. The summed E-state index contributed by atoms with van der Waals surface area (Å²) in [5, 5.41) is 43.2. The highest BCUT2D eigenvalue weighted by Gasteiger charge is 2.24. The number of carboxylic acid groups (broad SMARTS) is 4. The number of Topliss-reactive ketones (excluding diaryl/α,β-unsaturated/α-hetero) is 1. The Bertz CT molecular complexity index is 2060. The molecule has 1 saturated heterocycles. The first-order valence-corrected chi connectivity index (χ1v) is 20.2. The van der Waals surface area contributed by atoms with Gasteiger partial charge in [0.05, 0.1) is 44.6 Å². The lowest BCUT2D eigenvalue weighted by Crippen LogP contribution is -2.49. The molecule has 24 nitrogen and oxygen atoms in total. The molecule has 0 spiro atoms. The molecule has 1 fully saturated rings. The zero-order valence-corrected chi connectivity index (χ0v) is 35.0. The van der Waals surface area contributed by atoms with Gasteiger partial charge < -0.3 is 47.4 Å². The molecule has 0 radical (unpaired) electrons. The van der Waals surface area contributed by atoms with Gasteiger partial charge in [0.1, 0.15) is 11.8 Å². The Balaban J connectivity index is 1.21. The second kappa shape index (κ2) is 24.1. The maximum absolute atomic E-state index is 13.0. The van der Waals surface area contributed by atoms with Gasteiger partial charge in [-0.3, -0.25) is 48.4 Å².